The highest BCUT2D eigenvalue weighted by Crippen LogP contribution is 2.35. The highest BCUT2D eigenvalue weighted by Gasteiger charge is 2.29. The number of hydrogen-bond donors (Lipinski definition) is 1. The van der Waals surface area contributed by atoms with Crippen LogP contribution in [0.4, 0.5) is 0 Å². The van der Waals surface area contributed by atoms with E-state index in [-0.39, 0.29) is 0 Å². The lowest BCUT2D eigenvalue weighted by Gasteiger charge is -2.37. The predicted molar refractivity (Wildman–Crippen MR) is 69.3 cm³/mol. The van der Waals surface area contributed by atoms with E-state index in [9.17, 15) is 0 Å². The molecule has 1 fully saturated rings. The van der Waals surface area contributed by atoms with Gasteiger partial charge >= 0.3 is 0 Å². The van der Waals surface area contributed by atoms with Crippen molar-refractivity contribution in [3.63, 3.8) is 0 Å². The molecule has 1 heterocycles. The van der Waals surface area contributed by atoms with Crippen molar-refractivity contribution in [1.82, 2.24) is 5.32 Å². The third-order valence-corrected chi connectivity index (χ3v) is 3.57. The predicted octanol–water partition coefficient (Wildman–Crippen LogP) is 3.69. The average molecular weight is 215 g/mol. The van der Waals surface area contributed by atoms with Gasteiger partial charge < -0.3 is 5.32 Å². The Labute approximate surface area is 98.6 Å². The van der Waals surface area contributed by atoms with E-state index in [2.05, 4.69) is 56.1 Å². The van der Waals surface area contributed by atoms with Crippen LogP contribution in [0.5, 0.6) is 0 Å². The van der Waals surface area contributed by atoms with Gasteiger partial charge in [0.05, 0.1) is 0 Å². The molecule has 0 amide bonds. The number of nitrogens with one attached hydrogen (secondary N) is 1. The van der Waals surface area contributed by atoms with Crippen LogP contribution in [0.3, 0.4) is 0 Å². The number of piperidine rings is 1. The van der Waals surface area contributed by atoms with Gasteiger partial charge in [-0.25, -0.2) is 0 Å². The summed E-state index contributed by atoms with van der Waals surface area (Å²) in [6.45, 7) is 8.56. The molecule has 1 aromatic rings. The maximum Gasteiger partial charge on any atom is 0.0388 e. The normalized spacial score (nSPS) is 30.0. The molecule has 0 aliphatic carbocycles. The van der Waals surface area contributed by atoms with Gasteiger partial charge in [0.1, 0.15) is 0 Å². The van der Waals surface area contributed by atoms with E-state index in [1.807, 2.05) is 0 Å². The van der Waals surface area contributed by atoms with Gasteiger partial charge in [0.2, 0.25) is 0 Å². The molecule has 0 bridgehead atoms. The Hall–Kier alpha value is -1.08. The van der Waals surface area contributed by atoms with E-state index in [0.717, 1.165) is 0 Å². The van der Waals surface area contributed by atoms with Crippen LogP contribution in [-0.2, 0) is 0 Å². The zero-order valence-corrected chi connectivity index (χ0v) is 10.2. The van der Waals surface area contributed by atoms with E-state index in [4.69, 9.17) is 0 Å². The molecule has 1 aliphatic heterocycles. The first-order valence-electron chi connectivity index (χ1n) is 6.15. The van der Waals surface area contributed by atoms with Crippen molar-refractivity contribution in [1.29, 1.82) is 0 Å². The molecule has 1 aromatic carbocycles. The third-order valence-electron chi connectivity index (χ3n) is 3.57. The molecule has 3 atom stereocenters. The van der Waals surface area contributed by atoms with Gasteiger partial charge in [0.15, 0.2) is 0 Å². The van der Waals surface area contributed by atoms with Gasteiger partial charge in [0.25, 0.3) is 0 Å². The summed E-state index contributed by atoms with van der Waals surface area (Å²) in [6, 6.07) is 11.8. The second-order valence-corrected chi connectivity index (χ2v) is 4.99. The van der Waals surface area contributed by atoms with E-state index < -0.39 is 0 Å². The van der Waals surface area contributed by atoms with Gasteiger partial charge in [0, 0.05) is 12.1 Å². The summed E-state index contributed by atoms with van der Waals surface area (Å²) >= 11 is 0. The fourth-order valence-corrected chi connectivity index (χ4v) is 2.62. The lowest BCUT2D eigenvalue weighted by atomic mass is 9.80. The quantitative estimate of drug-likeness (QED) is 0.742. The van der Waals surface area contributed by atoms with E-state index in [0.29, 0.717) is 18.0 Å². The van der Waals surface area contributed by atoms with Crippen molar-refractivity contribution in [2.45, 2.75) is 38.8 Å². The lowest BCUT2D eigenvalue weighted by Crippen LogP contribution is -2.40. The largest absolute Gasteiger partial charge is 0.307 e. The minimum absolute atomic E-state index is 0.447. The molecule has 0 radical (unpaired) electrons. The van der Waals surface area contributed by atoms with Gasteiger partial charge in [-0.2, -0.15) is 0 Å². The molecular weight excluding hydrogens is 194 g/mol. The van der Waals surface area contributed by atoms with Gasteiger partial charge in [-0.15, -0.1) is 0 Å². The van der Waals surface area contributed by atoms with Crippen LogP contribution in [0.15, 0.2) is 42.5 Å². The Kier molecular flexibility index (Phi) is 3.45. The number of benzene rings is 1. The zero-order chi connectivity index (χ0) is 11.5. The molecule has 1 heteroatoms. The van der Waals surface area contributed by atoms with Gasteiger partial charge in [-0.3, -0.25) is 0 Å². The van der Waals surface area contributed by atoms with Gasteiger partial charge in [-0.1, -0.05) is 42.5 Å². The zero-order valence-electron chi connectivity index (χ0n) is 10.2. The summed E-state index contributed by atoms with van der Waals surface area (Å²) in [7, 11) is 0. The van der Waals surface area contributed by atoms with Crippen molar-refractivity contribution in [2.24, 2.45) is 5.92 Å². The molecule has 16 heavy (non-hydrogen) atoms. The van der Waals surface area contributed by atoms with Crippen LogP contribution < -0.4 is 5.32 Å². The summed E-state index contributed by atoms with van der Waals surface area (Å²) in [5.41, 5.74) is 2.69. The second kappa shape index (κ2) is 4.84. The van der Waals surface area contributed by atoms with E-state index >= 15 is 0 Å². The Bertz CT molecular complexity index is 355. The maximum atomic E-state index is 4.14. The summed E-state index contributed by atoms with van der Waals surface area (Å²) < 4.78 is 0. The highest BCUT2D eigenvalue weighted by atomic mass is 15.0. The summed E-state index contributed by atoms with van der Waals surface area (Å²) in [5, 5.41) is 3.70. The van der Waals surface area contributed by atoms with Crippen LogP contribution >= 0.6 is 0 Å². The first-order chi connectivity index (χ1) is 7.68. The van der Waals surface area contributed by atoms with Crippen LogP contribution in [0.25, 0.3) is 0 Å². The standard InChI is InChI=1S/C15H21N/c1-11(2)14-10-9-12(3)16-15(14)13-7-5-4-6-8-13/h4-8,12,14-16H,1,9-10H2,2-3H3/t12-,14-,15+/m1/s1. The van der Waals surface area contributed by atoms with Crippen molar-refractivity contribution in [2.75, 3.05) is 0 Å². The molecule has 1 nitrogen and oxygen atoms in total. The van der Waals surface area contributed by atoms with Crippen LogP contribution in [0.1, 0.15) is 38.3 Å². The molecule has 0 unspecified atom stereocenters. The second-order valence-electron chi connectivity index (χ2n) is 4.99. The maximum absolute atomic E-state index is 4.14. The molecule has 0 aromatic heterocycles. The Morgan fingerprint density at radius 2 is 1.94 bits per heavy atom. The highest BCUT2D eigenvalue weighted by molar-refractivity contribution is 5.23. The third kappa shape index (κ3) is 2.35. The van der Waals surface area contributed by atoms with Gasteiger partial charge in [-0.05, 0) is 38.2 Å². The Morgan fingerprint density at radius 3 is 2.56 bits per heavy atom. The summed E-state index contributed by atoms with van der Waals surface area (Å²) in [6.07, 6.45) is 2.50. The Balaban J connectivity index is 2.24. The molecule has 86 valence electrons. The molecule has 2 rings (SSSR count). The molecule has 1 saturated heterocycles. The average Bonchev–Trinajstić information content (AvgIpc) is 2.29. The number of rotatable bonds is 2. The molecule has 0 spiro atoms. The fraction of sp³-hybridized carbons (Fsp3) is 0.467. The van der Waals surface area contributed by atoms with E-state index in [1.165, 1.54) is 24.0 Å². The SMILES string of the molecule is C=C(C)[C@H]1CC[C@@H](C)N[C@H]1c1ccccc1. The van der Waals surface area contributed by atoms with Crippen molar-refractivity contribution < 1.29 is 0 Å². The van der Waals surface area contributed by atoms with E-state index in [1.54, 1.807) is 0 Å². The Morgan fingerprint density at radius 1 is 1.25 bits per heavy atom. The van der Waals surface area contributed by atoms with Crippen molar-refractivity contribution in [3.8, 4) is 0 Å². The van der Waals surface area contributed by atoms with Crippen molar-refractivity contribution in [3.05, 3.63) is 48.0 Å². The molecular formula is C15H21N. The minimum atomic E-state index is 0.447. The molecule has 1 aliphatic rings. The van der Waals surface area contributed by atoms with Crippen LogP contribution in [0, 0.1) is 5.92 Å². The number of hydrogen-bond acceptors (Lipinski definition) is 1. The monoisotopic (exact) mass is 215 g/mol. The minimum Gasteiger partial charge on any atom is -0.307 e. The smallest absolute Gasteiger partial charge is 0.0388 e. The topological polar surface area (TPSA) is 12.0 Å². The summed E-state index contributed by atoms with van der Waals surface area (Å²) in [4.78, 5) is 0. The lowest BCUT2D eigenvalue weighted by molar-refractivity contribution is 0.271. The molecule has 1 N–H and O–H groups in total. The first kappa shape index (κ1) is 11.4. The first-order valence-corrected chi connectivity index (χ1v) is 6.15. The summed E-state index contributed by atoms with van der Waals surface area (Å²) in [5.74, 6) is 0.582. The van der Waals surface area contributed by atoms with Crippen LogP contribution in [-0.4, -0.2) is 6.04 Å². The van der Waals surface area contributed by atoms with Crippen molar-refractivity contribution >= 4 is 0 Å². The molecule has 0 saturated carbocycles. The van der Waals surface area contributed by atoms with Crippen LogP contribution in [0.2, 0.25) is 0 Å². The fourth-order valence-electron chi connectivity index (χ4n) is 2.62.